The lowest BCUT2D eigenvalue weighted by Gasteiger charge is -2.69. The van der Waals surface area contributed by atoms with E-state index < -0.39 is 23.0 Å². The minimum absolute atomic E-state index is 0. The summed E-state index contributed by atoms with van der Waals surface area (Å²) in [5.74, 6) is -2.14. The Morgan fingerprint density at radius 2 is 1.19 bits per heavy atom. The van der Waals surface area contributed by atoms with Gasteiger partial charge in [0, 0.05) is 56.1 Å². The molecular formula is C51H70Cl2N4O10. The van der Waals surface area contributed by atoms with Crippen LogP contribution < -0.4 is 21.3 Å². The van der Waals surface area contributed by atoms with Crippen molar-refractivity contribution in [2.24, 2.45) is 27.6 Å². The predicted octanol–water partition coefficient (Wildman–Crippen LogP) is 7.35. The Morgan fingerprint density at radius 1 is 0.672 bits per heavy atom. The van der Waals surface area contributed by atoms with Crippen LogP contribution in [0, 0.1) is 34.5 Å². The van der Waals surface area contributed by atoms with Crippen molar-refractivity contribution >= 4 is 53.7 Å². The zero-order chi connectivity index (χ0) is 47.3. The van der Waals surface area contributed by atoms with Crippen molar-refractivity contribution < 1.29 is 50.1 Å². The number of carbonyl (C=O) groups is 3. The van der Waals surface area contributed by atoms with Gasteiger partial charge in [-0.2, -0.15) is 0 Å². The third-order valence-electron chi connectivity index (χ3n) is 16.7. The molecule has 368 valence electrons. The maximum Gasteiger partial charge on any atom is 0.309 e. The summed E-state index contributed by atoms with van der Waals surface area (Å²) < 4.78 is 0. The molecular weight excluding hydrogens is 899 g/mol. The number of phenols is 4. The average Bonchev–Trinajstić information content (AvgIpc) is 3.27. The molecule has 0 amide bonds. The first-order valence-electron chi connectivity index (χ1n) is 23.1. The predicted molar refractivity (Wildman–Crippen MR) is 264 cm³/mol. The van der Waals surface area contributed by atoms with Gasteiger partial charge in [-0.1, -0.05) is 39.3 Å². The Hall–Kier alpha value is -4.57. The van der Waals surface area contributed by atoms with Crippen LogP contribution in [0.15, 0.2) is 42.0 Å². The second-order valence-electron chi connectivity index (χ2n) is 20.3. The lowest BCUT2D eigenvalue weighted by atomic mass is 9.34. The van der Waals surface area contributed by atoms with Crippen LogP contribution in [0.1, 0.15) is 128 Å². The number of allylic oxidation sites excluding steroid dienone is 2. The van der Waals surface area contributed by atoms with E-state index in [1.807, 2.05) is 19.9 Å². The van der Waals surface area contributed by atoms with Crippen LogP contribution in [0.4, 0.5) is 11.4 Å². The molecule has 6 atom stereocenters. The number of benzene rings is 3. The number of fused-ring (bicyclic) bond motifs is 9. The van der Waals surface area contributed by atoms with E-state index in [1.54, 1.807) is 12.1 Å². The van der Waals surface area contributed by atoms with Gasteiger partial charge < -0.3 is 57.0 Å². The topological polar surface area (TPSA) is 241 Å². The number of hydrogen-bond donors (Lipinski definition) is 11. The Bertz CT molecular complexity index is 2350. The molecule has 3 saturated carbocycles. The third-order valence-corrected chi connectivity index (χ3v) is 16.7. The molecule has 0 saturated heterocycles. The molecule has 0 bridgehead atoms. The highest BCUT2D eigenvalue weighted by atomic mass is 35.5. The van der Waals surface area contributed by atoms with E-state index in [0.29, 0.717) is 56.6 Å². The van der Waals surface area contributed by atoms with Crippen molar-refractivity contribution in [2.75, 3.05) is 63.1 Å². The number of nitrogens with one attached hydrogen (secondary N) is 4. The van der Waals surface area contributed by atoms with E-state index >= 15 is 0 Å². The minimum Gasteiger partial charge on any atom is -0.507 e. The van der Waals surface area contributed by atoms with Crippen LogP contribution >= 0.6 is 24.8 Å². The largest absolute Gasteiger partial charge is 0.507 e. The van der Waals surface area contributed by atoms with Crippen LogP contribution in [0.3, 0.4) is 0 Å². The number of anilines is 2. The summed E-state index contributed by atoms with van der Waals surface area (Å²) in [4.78, 5) is 39.0. The number of phenolic OH excluding ortho intramolecular Hbond substituents is 4. The van der Waals surface area contributed by atoms with Gasteiger partial charge in [-0.05, 0) is 134 Å². The standard InChI is InChI=1S/C29H40O4.C22H28N4O6.2ClH/c1-17-18-7-8-21-27(4,19(18)15-20(30)23(17)31)12-14-29(6)22-16-26(3,24(32)33)10-9-25(22,2)11-13-28(21,29)5;27-11-9-23-5-7-25-13-1-2-14(26-8-6-24-10-12-28)18-17(13)21(31)19-15(29)3-4-16(30)20(19)22(18)32;;/h8,15,22,30-31H,7,9-14,16H2,1-6H3,(H,32,33);1-4,23-30H,5-12H2;2*1H. The van der Waals surface area contributed by atoms with Crippen LogP contribution in [0.2, 0.25) is 0 Å². The molecule has 0 spiro atoms. The monoisotopic (exact) mass is 968 g/mol. The highest BCUT2D eigenvalue weighted by Gasteiger charge is 2.67. The molecule has 0 aliphatic heterocycles. The summed E-state index contributed by atoms with van der Waals surface area (Å²) in [7, 11) is 0. The Labute approximate surface area is 405 Å². The maximum absolute atomic E-state index is 13.4. The number of rotatable bonds is 13. The summed E-state index contributed by atoms with van der Waals surface area (Å²) in [6.45, 7) is 16.3. The number of carboxylic acids is 1. The zero-order valence-electron chi connectivity index (χ0n) is 39.5. The van der Waals surface area contributed by atoms with Crippen molar-refractivity contribution in [2.45, 2.75) is 98.3 Å². The van der Waals surface area contributed by atoms with Gasteiger partial charge in [0.25, 0.3) is 0 Å². The van der Waals surface area contributed by atoms with Gasteiger partial charge >= 0.3 is 5.97 Å². The van der Waals surface area contributed by atoms with E-state index in [1.165, 1.54) is 23.3 Å². The summed E-state index contributed by atoms with van der Waals surface area (Å²) >= 11 is 0. The van der Waals surface area contributed by atoms with Crippen molar-refractivity contribution in [1.82, 2.24) is 10.6 Å². The molecule has 14 nitrogen and oxygen atoms in total. The smallest absolute Gasteiger partial charge is 0.309 e. The number of hydrogen-bond acceptors (Lipinski definition) is 13. The lowest BCUT2D eigenvalue weighted by molar-refractivity contribution is -0.177. The molecule has 0 radical (unpaired) electrons. The normalized spacial score (nSPS) is 27.6. The summed E-state index contributed by atoms with van der Waals surface area (Å²) in [6, 6.07) is 7.55. The maximum atomic E-state index is 13.4. The summed E-state index contributed by atoms with van der Waals surface area (Å²) in [5.41, 5.74) is 4.68. The van der Waals surface area contributed by atoms with Crippen molar-refractivity contribution in [3.05, 3.63) is 80.9 Å². The first kappa shape index (κ1) is 53.4. The zero-order valence-corrected chi connectivity index (χ0v) is 41.2. The average molecular weight is 970 g/mol. The summed E-state index contributed by atoms with van der Waals surface area (Å²) in [6.07, 6.45) is 10.0. The molecule has 5 aliphatic rings. The first-order chi connectivity index (χ1) is 30.7. The van der Waals surface area contributed by atoms with E-state index in [2.05, 4.69) is 55.0 Å². The fourth-order valence-electron chi connectivity index (χ4n) is 12.5. The number of aliphatic hydroxyl groups excluding tert-OH is 2. The summed E-state index contributed by atoms with van der Waals surface area (Å²) in [5, 5.41) is 81.5. The second-order valence-corrected chi connectivity index (χ2v) is 20.3. The molecule has 67 heavy (non-hydrogen) atoms. The van der Waals surface area contributed by atoms with Crippen molar-refractivity contribution in [1.29, 1.82) is 0 Å². The number of carboxylic acid groups (broad SMARTS) is 1. The van der Waals surface area contributed by atoms with Gasteiger partial charge in [0.2, 0.25) is 11.6 Å². The Kier molecular flexibility index (Phi) is 16.1. The van der Waals surface area contributed by atoms with Crippen LogP contribution in [0.5, 0.6) is 23.0 Å². The van der Waals surface area contributed by atoms with Crippen molar-refractivity contribution in [3.63, 3.8) is 0 Å². The number of carbonyl (C=O) groups excluding carboxylic acids is 2. The number of ketones is 2. The molecule has 3 aromatic rings. The molecule has 0 aromatic heterocycles. The molecule has 11 N–H and O–H groups in total. The molecule has 5 aliphatic carbocycles. The van der Waals surface area contributed by atoms with E-state index in [9.17, 15) is 39.9 Å². The highest BCUT2D eigenvalue weighted by Crippen LogP contribution is 2.74. The number of aliphatic hydroxyl groups is 2. The lowest BCUT2D eigenvalue weighted by Crippen LogP contribution is -2.62. The fourth-order valence-corrected chi connectivity index (χ4v) is 12.5. The molecule has 16 heteroatoms. The second kappa shape index (κ2) is 20.2. The van der Waals surface area contributed by atoms with Gasteiger partial charge in [0.05, 0.1) is 40.9 Å². The van der Waals surface area contributed by atoms with E-state index in [4.69, 9.17) is 10.2 Å². The highest BCUT2D eigenvalue weighted by molar-refractivity contribution is 6.33. The SMILES string of the molecule is Cc1c(O)c(O)cc2c1CC=C1C2(C)CCC2(C)C3CC(C)(C(=O)O)CCC3(C)CCC12C.Cl.Cl.O=C1c2c(O)ccc(O)c2C(=O)c2c(NCCNCCO)ccc(NCCNCCO)c21. The fraction of sp³-hybridized carbons (Fsp3) is 0.549. The number of aliphatic carboxylic acids is 1. The van der Waals surface area contributed by atoms with Crippen LogP contribution in [-0.4, -0.2) is 106 Å². The van der Waals surface area contributed by atoms with Gasteiger partial charge in [-0.25, -0.2) is 0 Å². The number of halogens is 2. The van der Waals surface area contributed by atoms with Crippen LogP contribution in [0.25, 0.3) is 0 Å². The number of aromatic hydroxyl groups is 4. The molecule has 3 aromatic carbocycles. The Balaban J connectivity index is 0.000000244. The quantitative estimate of drug-likeness (QED) is 0.0272. The van der Waals surface area contributed by atoms with Gasteiger partial charge in [0.1, 0.15) is 11.5 Å². The van der Waals surface area contributed by atoms with Crippen molar-refractivity contribution in [3.8, 4) is 23.0 Å². The van der Waals surface area contributed by atoms with Gasteiger partial charge in [0.15, 0.2) is 11.5 Å². The molecule has 8 rings (SSSR count). The molecule has 3 fully saturated rings. The molecule has 0 heterocycles. The van der Waals surface area contributed by atoms with Gasteiger partial charge in [-0.3, -0.25) is 14.4 Å². The van der Waals surface area contributed by atoms with E-state index in [0.717, 1.165) is 62.5 Å². The van der Waals surface area contributed by atoms with Gasteiger partial charge in [-0.15, -0.1) is 24.8 Å². The molecule has 6 unspecified atom stereocenters. The third kappa shape index (κ3) is 8.98. The minimum atomic E-state index is -0.641. The van der Waals surface area contributed by atoms with Crippen LogP contribution in [-0.2, 0) is 16.6 Å². The Morgan fingerprint density at radius 3 is 1.70 bits per heavy atom. The van der Waals surface area contributed by atoms with E-state index in [-0.39, 0.29) is 105 Å². The first-order valence-corrected chi connectivity index (χ1v) is 23.1.